The Hall–Kier alpha value is -0.960. The van der Waals surface area contributed by atoms with E-state index in [0.717, 1.165) is 48.9 Å². The lowest BCUT2D eigenvalue weighted by Crippen LogP contribution is -2.57. The van der Waals surface area contributed by atoms with Crippen molar-refractivity contribution in [2.75, 3.05) is 0 Å². The van der Waals surface area contributed by atoms with E-state index < -0.39 is 17.7 Å². The molecular weight excluding hydrogens is 462 g/mol. The van der Waals surface area contributed by atoms with Crippen molar-refractivity contribution in [2.45, 2.75) is 118 Å². The van der Waals surface area contributed by atoms with Gasteiger partial charge in [-0.1, -0.05) is 66.0 Å². The summed E-state index contributed by atoms with van der Waals surface area (Å²) in [5, 5.41) is 11.1. The molecule has 0 aromatic heterocycles. The van der Waals surface area contributed by atoms with Crippen LogP contribution in [0, 0.1) is 69.8 Å². The number of fused-ring (bicyclic) bond motifs is 5. The van der Waals surface area contributed by atoms with Crippen LogP contribution in [0.2, 0.25) is 0 Å². The highest BCUT2D eigenvalue weighted by molar-refractivity contribution is 5.21. The fraction of sp³-hybridized carbons (Fsp3) is 0.824. The Morgan fingerprint density at radius 3 is 2.32 bits per heavy atom. The molecule has 4 fully saturated rings. The van der Waals surface area contributed by atoms with E-state index in [9.17, 15) is 13.9 Å². The number of aliphatic hydroxyl groups excluding tert-OH is 1. The van der Waals surface area contributed by atoms with Gasteiger partial charge in [0.25, 0.3) is 0 Å². The van der Waals surface area contributed by atoms with E-state index in [1.165, 1.54) is 57.4 Å². The van der Waals surface area contributed by atoms with Crippen LogP contribution in [0.15, 0.2) is 18.2 Å². The molecule has 3 heteroatoms. The molecule has 4 saturated carbocycles. The summed E-state index contributed by atoms with van der Waals surface area (Å²) in [5.41, 5.74) is 1.13. The normalized spacial score (nSPS) is 42.2. The van der Waals surface area contributed by atoms with Crippen LogP contribution in [0.1, 0.15) is 111 Å². The molecule has 37 heavy (non-hydrogen) atoms. The molecule has 0 saturated heterocycles. The fourth-order valence-corrected chi connectivity index (χ4v) is 10.8. The second-order valence-corrected chi connectivity index (χ2v) is 14.8. The summed E-state index contributed by atoms with van der Waals surface area (Å²) in [4.78, 5) is 0. The van der Waals surface area contributed by atoms with Crippen molar-refractivity contribution in [3.63, 3.8) is 0 Å². The molecule has 0 aliphatic heterocycles. The SMILES string of the molecule is CC(C)CCC[C@@H](C)[C@H]1CCC2C3CCC4[C@H](Cc5cccc(F)c5F)[C@H](O)CC[C@]4(C)C3CC[C@@]21C. The maximum atomic E-state index is 14.6. The molecular formula is C34H52F2O. The van der Waals surface area contributed by atoms with Gasteiger partial charge in [-0.25, -0.2) is 8.78 Å². The lowest BCUT2D eigenvalue weighted by Gasteiger charge is -2.63. The van der Waals surface area contributed by atoms with Crippen LogP contribution < -0.4 is 0 Å². The van der Waals surface area contributed by atoms with Crippen LogP contribution in [0.25, 0.3) is 0 Å². The third-order valence-corrected chi connectivity index (χ3v) is 12.6. The number of aliphatic hydroxyl groups is 1. The Morgan fingerprint density at radius 1 is 0.865 bits per heavy atom. The Morgan fingerprint density at radius 2 is 1.57 bits per heavy atom. The predicted molar refractivity (Wildman–Crippen MR) is 148 cm³/mol. The number of benzene rings is 1. The standard InChI is InChI=1S/C34H52F2O/c1-21(2)8-6-9-22(3)26-14-15-27-24-12-13-28-25(20-23-10-7-11-30(35)32(23)36)31(37)17-19-34(28,5)29(24)16-18-33(26,27)4/h7,10-11,21-22,24-29,31,37H,6,8-9,12-20H2,1-5H3/t22-,24?,25+,26-,27?,28?,29?,31-,33-,34+/m1/s1. The van der Waals surface area contributed by atoms with Crippen LogP contribution in [-0.4, -0.2) is 11.2 Å². The van der Waals surface area contributed by atoms with E-state index in [0.29, 0.717) is 29.2 Å². The van der Waals surface area contributed by atoms with Crippen LogP contribution >= 0.6 is 0 Å². The van der Waals surface area contributed by atoms with Gasteiger partial charge < -0.3 is 5.11 Å². The Bertz CT molecular complexity index is 944. The van der Waals surface area contributed by atoms with Gasteiger partial charge in [-0.15, -0.1) is 0 Å². The monoisotopic (exact) mass is 514 g/mol. The van der Waals surface area contributed by atoms with Crippen LogP contribution in [0.3, 0.4) is 0 Å². The zero-order chi connectivity index (χ0) is 26.5. The minimum Gasteiger partial charge on any atom is -0.393 e. The molecule has 5 rings (SSSR count). The lowest BCUT2D eigenvalue weighted by molar-refractivity contribution is -0.152. The molecule has 4 aliphatic carbocycles. The van der Waals surface area contributed by atoms with E-state index in [1.54, 1.807) is 12.1 Å². The molecule has 4 unspecified atom stereocenters. The number of hydrogen-bond acceptors (Lipinski definition) is 1. The van der Waals surface area contributed by atoms with Gasteiger partial charge in [0, 0.05) is 0 Å². The van der Waals surface area contributed by atoms with E-state index >= 15 is 0 Å². The predicted octanol–water partition coefficient (Wildman–Crippen LogP) is 9.22. The highest BCUT2D eigenvalue weighted by atomic mass is 19.2. The summed E-state index contributed by atoms with van der Waals surface area (Å²) < 4.78 is 28.6. The van der Waals surface area contributed by atoms with Crippen molar-refractivity contribution in [3.8, 4) is 0 Å². The molecule has 0 heterocycles. The zero-order valence-corrected chi connectivity index (χ0v) is 24.1. The molecule has 0 bridgehead atoms. The van der Waals surface area contributed by atoms with E-state index in [1.807, 2.05) is 0 Å². The maximum Gasteiger partial charge on any atom is 0.162 e. The minimum atomic E-state index is -0.768. The second-order valence-electron chi connectivity index (χ2n) is 14.8. The van der Waals surface area contributed by atoms with E-state index in [-0.39, 0.29) is 11.3 Å². The summed E-state index contributed by atoms with van der Waals surface area (Å²) >= 11 is 0. The first-order valence-electron chi connectivity index (χ1n) is 15.7. The lowest BCUT2D eigenvalue weighted by atomic mass is 9.42. The van der Waals surface area contributed by atoms with Crippen molar-refractivity contribution in [3.05, 3.63) is 35.4 Å². The number of rotatable bonds is 7. The zero-order valence-electron chi connectivity index (χ0n) is 24.1. The molecule has 0 amide bonds. The summed E-state index contributed by atoms with van der Waals surface area (Å²) in [6.07, 6.45) is 13.9. The molecule has 1 N–H and O–H groups in total. The Balaban J connectivity index is 1.33. The van der Waals surface area contributed by atoms with Gasteiger partial charge in [-0.05, 0) is 128 Å². The molecule has 1 aromatic carbocycles. The highest BCUT2D eigenvalue weighted by Gasteiger charge is 2.61. The summed E-state index contributed by atoms with van der Waals surface area (Å²) in [7, 11) is 0. The fourth-order valence-electron chi connectivity index (χ4n) is 10.8. The van der Waals surface area contributed by atoms with Crippen LogP contribution in [0.5, 0.6) is 0 Å². The average Bonchev–Trinajstić information content (AvgIpc) is 3.21. The van der Waals surface area contributed by atoms with Gasteiger partial charge >= 0.3 is 0 Å². The molecule has 0 spiro atoms. The molecule has 1 aromatic rings. The second kappa shape index (κ2) is 10.5. The van der Waals surface area contributed by atoms with E-state index in [2.05, 4.69) is 34.6 Å². The van der Waals surface area contributed by atoms with Gasteiger partial charge in [0.1, 0.15) is 0 Å². The largest absolute Gasteiger partial charge is 0.393 e. The van der Waals surface area contributed by atoms with Crippen molar-refractivity contribution in [2.24, 2.45) is 58.2 Å². The van der Waals surface area contributed by atoms with Gasteiger partial charge in [0.05, 0.1) is 6.10 Å². The van der Waals surface area contributed by atoms with Crippen LogP contribution in [0.4, 0.5) is 8.78 Å². The van der Waals surface area contributed by atoms with Gasteiger partial charge in [-0.2, -0.15) is 0 Å². The average molecular weight is 515 g/mol. The molecule has 4 aliphatic rings. The summed E-state index contributed by atoms with van der Waals surface area (Å²) in [5.74, 6) is 3.80. The number of halogens is 2. The van der Waals surface area contributed by atoms with Gasteiger partial charge in [-0.3, -0.25) is 0 Å². The first kappa shape index (κ1) is 27.6. The summed E-state index contributed by atoms with van der Waals surface area (Å²) in [6, 6.07) is 4.53. The van der Waals surface area contributed by atoms with E-state index in [4.69, 9.17) is 0 Å². The Kier molecular flexibility index (Phi) is 7.87. The third kappa shape index (κ3) is 4.82. The quantitative estimate of drug-likeness (QED) is 0.384. The summed E-state index contributed by atoms with van der Waals surface area (Å²) in [6.45, 7) is 12.4. The Labute approximate surface area is 225 Å². The number of hydrogen-bond donors (Lipinski definition) is 1. The molecule has 1 nitrogen and oxygen atoms in total. The topological polar surface area (TPSA) is 20.2 Å². The molecule has 10 atom stereocenters. The maximum absolute atomic E-state index is 14.6. The van der Waals surface area contributed by atoms with Crippen molar-refractivity contribution in [1.29, 1.82) is 0 Å². The van der Waals surface area contributed by atoms with Crippen LogP contribution in [-0.2, 0) is 6.42 Å². The highest BCUT2D eigenvalue weighted by Crippen LogP contribution is 2.69. The van der Waals surface area contributed by atoms with Gasteiger partial charge in [0.2, 0.25) is 0 Å². The molecule has 0 radical (unpaired) electrons. The van der Waals surface area contributed by atoms with Crippen molar-refractivity contribution in [1.82, 2.24) is 0 Å². The minimum absolute atomic E-state index is 0.0293. The first-order chi connectivity index (χ1) is 17.6. The molecule has 208 valence electrons. The third-order valence-electron chi connectivity index (χ3n) is 12.6. The van der Waals surface area contributed by atoms with Gasteiger partial charge in [0.15, 0.2) is 11.6 Å². The smallest absolute Gasteiger partial charge is 0.162 e. The van der Waals surface area contributed by atoms with Crippen molar-refractivity contribution < 1.29 is 13.9 Å². The van der Waals surface area contributed by atoms with Crippen molar-refractivity contribution >= 4 is 0 Å². The first-order valence-corrected chi connectivity index (χ1v) is 15.7.